The van der Waals surface area contributed by atoms with E-state index in [1.807, 2.05) is 32.9 Å². The van der Waals surface area contributed by atoms with Crippen LogP contribution in [0.25, 0.3) is 11.1 Å². The second-order valence-electron chi connectivity index (χ2n) is 13.5. The Hall–Kier alpha value is -3.41. The first-order valence-electron chi connectivity index (χ1n) is 15.3. The maximum Gasteiger partial charge on any atom is 0.310 e. The normalized spacial score (nSPS) is 19.8. The lowest BCUT2D eigenvalue weighted by Gasteiger charge is -2.40. The van der Waals surface area contributed by atoms with Gasteiger partial charge in [-0.25, -0.2) is 4.39 Å². The number of pyridine rings is 1. The second kappa shape index (κ2) is 11.7. The molecule has 0 saturated carbocycles. The number of rotatable bonds is 7. The molecule has 5 nitrogen and oxygen atoms in total. The highest BCUT2D eigenvalue weighted by molar-refractivity contribution is 5.87. The molecule has 1 unspecified atom stereocenters. The van der Waals surface area contributed by atoms with Gasteiger partial charge in [0, 0.05) is 42.0 Å². The summed E-state index contributed by atoms with van der Waals surface area (Å²) in [5.74, 6) is 0.455. The quantitative estimate of drug-likeness (QED) is 0.269. The predicted octanol–water partition coefficient (Wildman–Crippen LogP) is 7.95. The highest BCUT2D eigenvalue weighted by Crippen LogP contribution is 2.44. The van der Waals surface area contributed by atoms with Crippen LogP contribution >= 0.6 is 0 Å². The molecule has 0 bridgehead atoms. The molecule has 0 radical (unpaired) electrons. The molecule has 0 N–H and O–H groups in total. The molecular formula is C36H45FN2O3. The van der Waals surface area contributed by atoms with Crippen LogP contribution in [-0.2, 0) is 28.8 Å². The largest absolute Gasteiger partial charge is 0.487 e. The Morgan fingerprint density at radius 3 is 2.38 bits per heavy atom. The number of hydrogen-bond acceptors (Lipinski definition) is 5. The van der Waals surface area contributed by atoms with Crippen LogP contribution in [0.15, 0.2) is 42.5 Å². The third kappa shape index (κ3) is 6.63. The molecule has 0 amide bonds. The summed E-state index contributed by atoms with van der Waals surface area (Å²) in [4.78, 5) is 20.4. The lowest BCUT2D eigenvalue weighted by Crippen LogP contribution is -2.39. The average molecular weight is 573 g/mol. The minimum Gasteiger partial charge on any atom is -0.487 e. The Bertz CT molecular complexity index is 1450. The molecule has 1 fully saturated rings. The molecule has 0 spiro atoms. The SMILES string of the molecule is Cc1nc(C)c(-c2ccc3c(c2)CCC(C)(Cc2ccc(F)cc2)O3)c(N2CCC(C)(C)CC2)c1CC(=O)OC(C)C. The van der Waals surface area contributed by atoms with Crippen molar-refractivity contribution in [1.29, 1.82) is 0 Å². The van der Waals surface area contributed by atoms with Gasteiger partial charge in [-0.15, -0.1) is 0 Å². The fraction of sp³-hybridized carbons (Fsp3) is 0.500. The summed E-state index contributed by atoms with van der Waals surface area (Å²) in [6.45, 7) is 16.5. The highest BCUT2D eigenvalue weighted by Gasteiger charge is 2.34. The summed E-state index contributed by atoms with van der Waals surface area (Å²) in [6.07, 6.45) is 4.70. The molecule has 2 aromatic carbocycles. The van der Waals surface area contributed by atoms with Gasteiger partial charge in [-0.3, -0.25) is 9.78 Å². The van der Waals surface area contributed by atoms with Crippen LogP contribution in [0, 0.1) is 25.1 Å². The first-order chi connectivity index (χ1) is 19.8. The van der Waals surface area contributed by atoms with Crippen LogP contribution in [0.1, 0.15) is 82.0 Å². The lowest BCUT2D eigenvalue weighted by atomic mass is 9.81. The van der Waals surface area contributed by atoms with Crippen molar-refractivity contribution >= 4 is 11.7 Å². The van der Waals surface area contributed by atoms with Gasteiger partial charge in [0.1, 0.15) is 17.2 Å². The zero-order valence-corrected chi connectivity index (χ0v) is 26.3. The Morgan fingerprint density at radius 2 is 1.71 bits per heavy atom. The van der Waals surface area contributed by atoms with Gasteiger partial charge in [-0.05, 0) is 107 Å². The number of nitrogens with zero attached hydrogens (tertiary/aromatic N) is 2. The molecule has 1 atom stereocenters. The average Bonchev–Trinajstić information content (AvgIpc) is 2.91. The summed E-state index contributed by atoms with van der Waals surface area (Å²) in [5.41, 5.74) is 8.31. The number of anilines is 1. The van der Waals surface area contributed by atoms with Crippen LogP contribution < -0.4 is 9.64 Å². The topological polar surface area (TPSA) is 51.7 Å². The van der Waals surface area contributed by atoms with Crippen molar-refractivity contribution in [2.45, 2.75) is 98.7 Å². The van der Waals surface area contributed by atoms with E-state index in [9.17, 15) is 9.18 Å². The van der Waals surface area contributed by atoms with E-state index in [2.05, 4.69) is 50.8 Å². The first kappa shape index (κ1) is 30.1. The van der Waals surface area contributed by atoms with Gasteiger partial charge in [-0.1, -0.05) is 32.0 Å². The zero-order valence-electron chi connectivity index (χ0n) is 26.3. The standard InChI is InChI=1S/C36H45FN2O3/c1-23(2)41-32(40)21-30-24(3)38-25(4)33(34(30)39-18-16-35(5,6)17-19-39)28-10-13-31-27(20-28)14-15-36(7,42-31)22-26-8-11-29(37)12-9-26/h8-13,20,23H,14-19,21-22H2,1-7H3. The Morgan fingerprint density at radius 1 is 1.02 bits per heavy atom. The number of fused-ring (bicyclic) bond motifs is 1. The molecule has 0 aliphatic carbocycles. The van der Waals surface area contributed by atoms with Gasteiger partial charge in [0.2, 0.25) is 0 Å². The maximum absolute atomic E-state index is 13.4. The fourth-order valence-electron chi connectivity index (χ4n) is 6.46. The van der Waals surface area contributed by atoms with E-state index in [1.54, 1.807) is 0 Å². The van der Waals surface area contributed by atoms with E-state index in [0.29, 0.717) is 5.41 Å². The summed E-state index contributed by atoms with van der Waals surface area (Å²) in [5, 5.41) is 0. The molecule has 2 aliphatic rings. The number of piperidine rings is 1. The lowest BCUT2D eigenvalue weighted by molar-refractivity contribution is -0.146. The monoisotopic (exact) mass is 572 g/mol. The number of carbonyl (C=O) groups is 1. The van der Waals surface area contributed by atoms with Crippen LogP contribution in [0.3, 0.4) is 0 Å². The van der Waals surface area contributed by atoms with Gasteiger partial charge < -0.3 is 14.4 Å². The van der Waals surface area contributed by atoms with Crippen LogP contribution in [0.5, 0.6) is 5.75 Å². The minimum atomic E-state index is -0.358. The summed E-state index contributed by atoms with van der Waals surface area (Å²) >= 11 is 0. The van der Waals surface area contributed by atoms with Crippen molar-refractivity contribution in [2.24, 2.45) is 5.41 Å². The van der Waals surface area contributed by atoms with Crippen LogP contribution in [0.2, 0.25) is 0 Å². The smallest absolute Gasteiger partial charge is 0.310 e. The third-order valence-electron chi connectivity index (χ3n) is 8.90. The summed E-state index contributed by atoms with van der Waals surface area (Å²) in [7, 11) is 0. The van der Waals surface area contributed by atoms with Gasteiger partial charge in [0.05, 0.1) is 18.2 Å². The van der Waals surface area contributed by atoms with Crippen molar-refractivity contribution in [3.63, 3.8) is 0 Å². The number of carbonyl (C=O) groups excluding carboxylic acids is 1. The number of benzene rings is 2. The van der Waals surface area contributed by atoms with E-state index in [1.165, 1.54) is 17.7 Å². The van der Waals surface area contributed by atoms with E-state index in [-0.39, 0.29) is 29.9 Å². The van der Waals surface area contributed by atoms with Gasteiger partial charge in [-0.2, -0.15) is 0 Å². The zero-order chi connectivity index (χ0) is 30.2. The Labute approximate surface area is 250 Å². The molecule has 2 aliphatic heterocycles. The summed E-state index contributed by atoms with van der Waals surface area (Å²) < 4.78 is 25.6. The molecule has 3 heterocycles. The number of halogens is 1. The Kier molecular flexibility index (Phi) is 8.37. The van der Waals surface area contributed by atoms with E-state index < -0.39 is 0 Å². The summed E-state index contributed by atoms with van der Waals surface area (Å²) in [6, 6.07) is 13.2. The fourth-order valence-corrected chi connectivity index (χ4v) is 6.46. The van der Waals surface area contributed by atoms with E-state index in [0.717, 1.165) is 90.3 Å². The first-order valence-corrected chi connectivity index (χ1v) is 15.3. The van der Waals surface area contributed by atoms with Gasteiger partial charge >= 0.3 is 5.97 Å². The molecule has 1 aromatic heterocycles. The van der Waals surface area contributed by atoms with E-state index >= 15 is 0 Å². The maximum atomic E-state index is 13.4. The van der Waals surface area contributed by atoms with E-state index in [4.69, 9.17) is 14.5 Å². The van der Waals surface area contributed by atoms with Gasteiger partial charge in [0.15, 0.2) is 0 Å². The molecule has 5 rings (SSSR count). The molecule has 42 heavy (non-hydrogen) atoms. The number of esters is 1. The highest BCUT2D eigenvalue weighted by atomic mass is 19.1. The number of aryl methyl sites for hydroxylation is 3. The third-order valence-corrected chi connectivity index (χ3v) is 8.90. The second-order valence-corrected chi connectivity index (χ2v) is 13.5. The Balaban J connectivity index is 1.51. The van der Waals surface area contributed by atoms with Crippen molar-refractivity contribution in [2.75, 3.05) is 18.0 Å². The predicted molar refractivity (Wildman–Crippen MR) is 167 cm³/mol. The number of hydrogen-bond donors (Lipinski definition) is 0. The van der Waals surface area contributed by atoms with Crippen molar-refractivity contribution < 1.29 is 18.7 Å². The minimum absolute atomic E-state index is 0.163. The van der Waals surface area contributed by atoms with Crippen molar-refractivity contribution in [1.82, 2.24) is 4.98 Å². The van der Waals surface area contributed by atoms with Crippen molar-refractivity contribution in [3.05, 3.63) is 76.4 Å². The van der Waals surface area contributed by atoms with Gasteiger partial charge in [0.25, 0.3) is 0 Å². The molecule has 1 saturated heterocycles. The van der Waals surface area contributed by atoms with Crippen molar-refractivity contribution in [3.8, 4) is 16.9 Å². The molecule has 224 valence electrons. The molecule has 6 heteroatoms. The van der Waals surface area contributed by atoms with Crippen LogP contribution in [0.4, 0.5) is 10.1 Å². The molecule has 3 aromatic rings. The van der Waals surface area contributed by atoms with Crippen LogP contribution in [-0.4, -0.2) is 35.7 Å². The molecular weight excluding hydrogens is 527 g/mol. The number of aromatic nitrogens is 1. The number of ether oxygens (including phenoxy) is 2.